The second kappa shape index (κ2) is 10.2. The number of rotatable bonds is 9. The van der Waals surface area contributed by atoms with Crippen molar-refractivity contribution in [1.82, 2.24) is 5.32 Å². The highest BCUT2D eigenvalue weighted by Gasteiger charge is 2.29. The number of hydrogen-bond acceptors (Lipinski definition) is 4. The maximum absolute atomic E-state index is 11.2. The van der Waals surface area contributed by atoms with Gasteiger partial charge in [-0.3, -0.25) is 0 Å². The van der Waals surface area contributed by atoms with E-state index < -0.39 is 0 Å². The summed E-state index contributed by atoms with van der Waals surface area (Å²) in [5.74, 6) is 0.109. The molecule has 0 bridgehead atoms. The van der Waals surface area contributed by atoms with Gasteiger partial charge in [0.15, 0.2) is 0 Å². The van der Waals surface area contributed by atoms with E-state index in [1.54, 1.807) is 0 Å². The summed E-state index contributed by atoms with van der Waals surface area (Å²) in [7, 11) is 0. The molecule has 0 aromatic heterocycles. The van der Waals surface area contributed by atoms with Gasteiger partial charge in [-0.25, -0.2) is 0 Å². The Labute approximate surface area is 155 Å². The van der Waals surface area contributed by atoms with Crippen molar-refractivity contribution < 1.29 is 14.3 Å². The van der Waals surface area contributed by atoms with Gasteiger partial charge < -0.3 is 19.6 Å². The molecule has 1 saturated heterocycles. The van der Waals surface area contributed by atoms with E-state index in [1.807, 2.05) is 36.4 Å². The van der Waals surface area contributed by atoms with Crippen molar-refractivity contribution in [2.24, 2.45) is 5.92 Å². The first-order valence-electron chi connectivity index (χ1n) is 9.31. The van der Waals surface area contributed by atoms with Crippen LogP contribution < -0.4 is 5.32 Å². The molecule has 0 aliphatic carbocycles. The Morgan fingerprint density at radius 3 is 2.31 bits per heavy atom. The minimum absolute atomic E-state index is 0.0818. The molecule has 2 aromatic rings. The number of benzene rings is 2. The van der Waals surface area contributed by atoms with Crippen LogP contribution in [-0.4, -0.2) is 31.6 Å². The molecule has 0 unspecified atom stereocenters. The molecule has 3 atom stereocenters. The van der Waals surface area contributed by atoms with E-state index in [4.69, 9.17) is 9.47 Å². The van der Waals surface area contributed by atoms with Crippen molar-refractivity contribution in [3.8, 4) is 0 Å². The quantitative estimate of drug-likeness (QED) is 0.702. The average Bonchev–Trinajstić information content (AvgIpc) is 2.72. The smallest absolute Gasteiger partial charge is 0.123 e. The monoisotopic (exact) mass is 353 g/mol. The highest BCUT2D eigenvalue weighted by atomic mass is 16.5. The summed E-state index contributed by atoms with van der Waals surface area (Å²) in [6.07, 6.45) is 2.70. The van der Waals surface area contributed by atoms with Gasteiger partial charge in [0.2, 0.25) is 0 Å². The first-order chi connectivity index (χ1) is 12.8. The van der Waals surface area contributed by atoms with Gasteiger partial charge in [-0.15, -0.1) is 0 Å². The van der Waals surface area contributed by atoms with Gasteiger partial charge in [-0.05, 0) is 30.5 Å². The second-order valence-corrected chi connectivity index (χ2v) is 6.82. The van der Waals surface area contributed by atoms with E-state index in [0.717, 1.165) is 36.8 Å². The lowest BCUT2D eigenvalue weighted by molar-refractivity contribution is -0.113. The summed E-state index contributed by atoms with van der Waals surface area (Å²) in [6.45, 7) is 2.46. The van der Waals surface area contributed by atoms with Crippen LogP contribution >= 0.6 is 0 Å². The Hall–Kier alpha value is -2.01. The van der Waals surface area contributed by atoms with Gasteiger partial charge in [0.25, 0.3) is 0 Å². The van der Waals surface area contributed by atoms with E-state index >= 15 is 0 Å². The van der Waals surface area contributed by atoms with Crippen LogP contribution in [0, 0.1) is 5.92 Å². The summed E-state index contributed by atoms with van der Waals surface area (Å²) in [5, 5.41) is 3.50. The molecule has 4 heteroatoms. The predicted molar refractivity (Wildman–Crippen MR) is 102 cm³/mol. The van der Waals surface area contributed by atoms with Gasteiger partial charge in [0.1, 0.15) is 6.29 Å². The first kappa shape index (κ1) is 18.8. The molecule has 1 aliphatic heterocycles. The molecule has 0 spiro atoms. The fraction of sp³-hybridized carbons (Fsp3) is 0.409. The average molecular weight is 353 g/mol. The van der Waals surface area contributed by atoms with Crippen molar-refractivity contribution in [2.45, 2.75) is 38.2 Å². The minimum atomic E-state index is -0.0818. The Morgan fingerprint density at radius 1 is 1.00 bits per heavy atom. The summed E-state index contributed by atoms with van der Waals surface area (Å²) >= 11 is 0. The highest BCUT2D eigenvalue weighted by molar-refractivity contribution is 5.53. The van der Waals surface area contributed by atoms with Crippen LogP contribution in [0.4, 0.5) is 0 Å². The van der Waals surface area contributed by atoms with Crippen molar-refractivity contribution in [3.05, 3.63) is 71.8 Å². The summed E-state index contributed by atoms with van der Waals surface area (Å²) in [5.41, 5.74) is 2.29. The van der Waals surface area contributed by atoms with Crippen molar-refractivity contribution >= 4 is 6.29 Å². The van der Waals surface area contributed by atoms with Crippen molar-refractivity contribution in [1.29, 1.82) is 0 Å². The molecule has 0 radical (unpaired) electrons. The van der Waals surface area contributed by atoms with Crippen LogP contribution in [0.5, 0.6) is 0 Å². The third-order valence-corrected chi connectivity index (χ3v) is 4.82. The van der Waals surface area contributed by atoms with E-state index in [-0.39, 0.29) is 18.1 Å². The molecule has 1 heterocycles. The fourth-order valence-corrected chi connectivity index (χ4v) is 3.31. The Morgan fingerprint density at radius 2 is 1.65 bits per heavy atom. The topological polar surface area (TPSA) is 47.6 Å². The molecule has 26 heavy (non-hydrogen) atoms. The van der Waals surface area contributed by atoms with Gasteiger partial charge in [0.05, 0.1) is 25.9 Å². The summed E-state index contributed by atoms with van der Waals surface area (Å²) in [6, 6.07) is 20.4. The molecular formula is C22H27NO3. The van der Waals surface area contributed by atoms with Crippen molar-refractivity contribution in [2.75, 3.05) is 13.2 Å². The largest absolute Gasteiger partial charge is 0.374 e. The predicted octanol–water partition coefficient (Wildman–Crippen LogP) is 3.36. The molecule has 1 aliphatic rings. The van der Waals surface area contributed by atoms with E-state index in [9.17, 15) is 4.79 Å². The van der Waals surface area contributed by atoms with Crippen LogP contribution in [0.3, 0.4) is 0 Å². The number of carbonyl (C=O) groups is 1. The zero-order chi connectivity index (χ0) is 18.0. The second-order valence-electron chi connectivity index (χ2n) is 6.82. The SMILES string of the molecule is O=C[C@H]1CCN[C@@H]([C@@H](COCc2ccccc2)OCc2ccccc2)C1. The third-order valence-electron chi connectivity index (χ3n) is 4.82. The normalized spacial score (nSPS) is 21.2. The van der Waals surface area contributed by atoms with E-state index in [0.29, 0.717) is 19.8 Å². The van der Waals surface area contributed by atoms with Gasteiger partial charge >= 0.3 is 0 Å². The van der Waals surface area contributed by atoms with Gasteiger partial charge in [-0.1, -0.05) is 60.7 Å². The summed E-state index contributed by atoms with van der Waals surface area (Å²) in [4.78, 5) is 11.2. The number of aldehydes is 1. The van der Waals surface area contributed by atoms with Crippen LogP contribution in [-0.2, 0) is 27.5 Å². The standard InChI is InChI=1S/C22H27NO3/c24-14-20-11-12-23-21(13-20)22(26-16-19-9-5-2-6-10-19)17-25-15-18-7-3-1-4-8-18/h1-10,14,20-23H,11-13,15-17H2/t20-,21+,22+/m0/s1. The number of ether oxygens (including phenoxy) is 2. The lowest BCUT2D eigenvalue weighted by Gasteiger charge is -2.33. The zero-order valence-corrected chi connectivity index (χ0v) is 15.1. The maximum Gasteiger partial charge on any atom is 0.123 e. The molecule has 3 rings (SSSR count). The van der Waals surface area contributed by atoms with Crippen molar-refractivity contribution in [3.63, 3.8) is 0 Å². The molecule has 0 saturated carbocycles. The van der Waals surface area contributed by atoms with Crippen LogP contribution in [0.25, 0.3) is 0 Å². The van der Waals surface area contributed by atoms with Gasteiger partial charge in [0, 0.05) is 12.0 Å². The zero-order valence-electron chi connectivity index (χ0n) is 15.1. The first-order valence-corrected chi connectivity index (χ1v) is 9.31. The Bertz CT molecular complexity index is 647. The Kier molecular flexibility index (Phi) is 7.37. The van der Waals surface area contributed by atoms with Gasteiger partial charge in [-0.2, -0.15) is 0 Å². The molecule has 0 amide bonds. The number of hydrogen-bond donors (Lipinski definition) is 1. The fourth-order valence-electron chi connectivity index (χ4n) is 3.31. The third kappa shape index (κ3) is 5.77. The summed E-state index contributed by atoms with van der Waals surface area (Å²) < 4.78 is 12.1. The molecule has 1 fully saturated rings. The maximum atomic E-state index is 11.2. The van der Waals surface area contributed by atoms with Crippen LogP contribution in [0.1, 0.15) is 24.0 Å². The lowest BCUT2D eigenvalue weighted by Crippen LogP contribution is -2.49. The molecule has 138 valence electrons. The molecule has 4 nitrogen and oxygen atoms in total. The minimum Gasteiger partial charge on any atom is -0.374 e. The number of nitrogens with one attached hydrogen (secondary N) is 1. The molecule has 1 N–H and O–H groups in total. The van der Waals surface area contributed by atoms with Crippen LogP contribution in [0.2, 0.25) is 0 Å². The van der Waals surface area contributed by atoms with E-state index in [1.165, 1.54) is 0 Å². The van der Waals surface area contributed by atoms with Crippen LogP contribution in [0.15, 0.2) is 60.7 Å². The highest BCUT2D eigenvalue weighted by Crippen LogP contribution is 2.19. The Balaban J connectivity index is 1.57. The number of piperidine rings is 1. The lowest BCUT2D eigenvalue weighted by atomic mass is 9.91. The molecular weight excluding hydrogens is 326 g/mol. The number of carbonyl (C=O) groups excluding carboxylic acids is 1. The molecule has 2 aromatic carbocycles. The van der Waals surface area contributed by atoms with E-state index in [2.05, 4.69) is 29.6 Å².